The molecule has 0 radical (unpaired) electrons. The smallest absolute Gasteiger partial charge is 0.308 e. The van der Waals surface area contributed by atoms with Crippen molar-refractivity contribution in [2.45, 2.75) is 25.8 Å². The van der Waals surface area contributed by atoms with Crippen LogP contribution in [0.1, 0.15) is 31.4 Å². The summed E-state index contributed by atoms with van der Waals surface area (Å²) in [5, 5.41) is 3.42. The number of carbonyl (C=O) groups excluding carboxylic acids is 1. The van der Waals surface area contributed by atoms with E-state index in [1.165, 1.54) is 18.9 Å². The first kappa shape index (κ1) is 11.9. The first-order valence-electron chi connectivity index (χ1n) is 5.80. The van der Waals surface area contributed by atoms with Crippen molar-refractivity contribution in [1.29, 1.82) is 0 Å². The van der Waals surface area contributed by atoms with Crippen LogP contribution in [0.15, 0.2) is 18.2 Å². The van der Waals surface area contributed by atoms with Gasteiger partial charge in [-0.15, -0.1) is 0 Å². The van der Waals surface area contributed by atoms with Gasteiger partial charge < -0.3 is 14.8 Å². The average molecular weight is 235 g/mol. The molecular weight excluding hydrogens is 218 g/mol. The molecule has 0 aromatic heterocycles. The molecule has 1 aliphatic rings. The zero-order valence-electron chi connectivity index (χ0n) is 10.2. The van der Waals surface area contributed by atoms with Crippen LogP contribution in [-0.2, 0) is 4.79 Å². The van der Waals surface area contributed by atoms with Crippen LogP contribution in [-0.4, -0.2) is 19.6 Å². The molecule has 4 heteroatoms. The zero-order chi connectivity index (χ0) is 12.3. The van der Waals surface area contributed by atoms with Crippen molar-refractivity contribution in [3.05, 3.63) is 23.8 Å². The molecule has 17 heavy (non-hydrogen) atoms. The zero-order valence-corrected chi connectivity index (χ0v) is 10.2. The first-order valence-corrected chi connectivity index (χ1v) is 5.80. The molecule has 1 saturated heterocycles. The average Bonchev–Trinajstić information content (AvgIpc) is 2.82. The van der Waals surface area contributed by atoms with Crippen LogP contribution in [0, 0.1) is 0 Å². The lowest BCUT2D eigenvalue weighted by molar-refractivity contribution is -0.132. The third-order valence-corrected chi connectivity index (χ3v) is 2.90. The topological polar surface area (TPSA) is 47.6 Å². The molecule has 0 amide bonds. The number of hydrogen-bond donors (Lipinski definition) is 1. The Kier molecular flexibility index (Phi) is 3.64. The highest BCUT2D eigenvalue weighted by atomic mass is 16.6. The van der Waals surface area contributed by atoms with Crippen LogP contribution in [0.2, 0.25) is 0 Å². The monoisotopic (exact) mass is 235 g/mol. The molecule has 2 rings (SSSR count). The Balaban J connectivity index is 2.23. The summed E-state index contributed by atoms with van der Waals surface area (Å²) in [7, 11) is 1.58. The molecule has 1 aliphatic heterocycles. The number of nitrogens with one attached hydrogen (secondary N) is 1. The number of benzene rings is 1. The molecule has 0 aliphatic carbocycles. The maximum Gasteiger partial charge on any atom is 0.308 e. The van der Waals surface area contributed by atoms with Gasteiger partial charge >= 0.3 is 5.97 Å². The van der Waals surface area contributed by atoms with Crippen molar-refractivity contribution in [3.63, 3.8) is 0 Å². The second-order valence-electron chi connectivity index (χ2n) is 4.15. The van der Waals surface area contributed by atoms with Crippen molar-refractivity contribution < 1.29 is 14.3 Å². The summed E-state index contributed by atoms with van der Waals surface area (Å²) >= 11 is 0. The molecule has 1 atom stereocenters. The summed E-state index contributed by atoms with van der Waals surface area (Å²) in [4.78, 5) is 10.9. The second kappa shape index (κ2) is 5.19. The highest BCUT2D eigenvalue weighted by Crippen LogP contribution is 2.32. The molecule has 1 aromatic rings. The number of esters is 1. The number of ether oxygens (including phenoxy) is 2. The third kappa shape index (κ3) is 2.77. The second-order valence-corrected chi connectivity index (χ2v) is 4.15. The van der Waals surface area contributed by atoms with Crippen molar-refractivity contribution >= 4 is 5.97 Å². The largest absolute Gasteiger partial charge is 0.493 e. The molecule has 0 saturated carbocycles. The highest BCUT2D eigenvalue weighted by molar-refractivity contribution is 5.70. The molecule has 1 aromatic carbocycles. The summed E-state index contributed by atoms with van der Waals surface area (Å²) in [6, 6.07) is 6.08. The third-order valence-electron chi connectivity index (χ3n) is 2.90. The Labute approximate surface area is 101 Å². The Morgan fingerprint density at radius 3 is 2.82 bits per heavy atom. The summed E-state index contributed by atoms with van der Waals surface area (Å²) in [5.74, 6) is 0.739. The van der Waals surface area contributed by atoms with Crippen molar-refractivity contribution in [3.8, 4) is 11.5 Å². The van der Waals surface area contributed by atoms with Crippen LogP contribution in [0.25, 0.3) is 0 Å². The minimum atomic E-state index is -0.338. The molecule has 4 nitrogen and oxygen atoms in total. The predicted molar refractivity (Wildman–Crippen MR) is 64.3 cm³/mol. The Hall–Kier alpha value is -1.55. The minimum absolute atomic E-state index is 0.338. The predicted octanol–water partition coefficient (Wildman–Crippen LogP) is 2.04. The van der Waals surface area contributed by atoms with E-state index in [2.05, 4.69) is 5.32 Å². The van der Waals surface area contributed by atoms with Crippen LogP contribution >= 0.6 is 0 Å². The number of hydrogen-bond acceptors (Lipinski definition) is 4. The first-order chi connectivity index (χ1) is 8.20. The van der Waals surface area contributed by atoms with E-state index in [-0.39, 0.29) is 5.97 Å². The Morgan fingerprint density at radius 1 is 1.41 bits per heavy atom. The van der Waals surface area contributed by atoms with Gasteiger partial charge in [-0.25, -0.2) is 0 Å². The van der Waals surface area contributed by atoms with E-state index in [1.54, 1.807) is 13.2 Å². The van der Waals surface area contributed by atoms with E-state index in [0.717, 1.165) is 13.0 Å². The summed E-state index contributed by atoms with van der Waals surface area (Å²) < 4.78 is 10.3. The van der Waals surface area contributed by atoms with E-state index in [4.69, 9.17) is 9.47 Å². The SMILES string of the molecule is COc1cc([C@@H]2CCCN2)ccc1OC(C)=O. The fraction of sp³-hybridized carbons (Fsp3) is 0.462. The summed E-state index contributed by atoms with van der Waals surface area (Å²) in [6.45, 7) is 2.44. The van der Waals surface area contributed by atoms with Gasteiger partial charge in [-0.05, 0) is 37.1 Å². The van der Waals surface area contributed by atoms with Gasteiger partial charge in [-0.1, -0.05) is 6.07 Å². The molecular formula is C13H17NO3. The maximum absolute atomic E-state index is 10.9. The van der Waals surface area contributed by atoms with Gasteiger partial charge in [0.25, 0.3) is 0 Å². The van der Waals surface area contributed by atoms with E-state index >= 15 is 0 Å². The number of carbonyl (C=O) groups is 1. The van der Waals surface area contributed by atoms with Crippen molar-refractivity contribution in [2.24, 2.45) is 0 Å². The molecule has 0 unspecified atom stereocenters. The number of methoxy groups -OCH3 is 1. The quantitative estimate of drug-likeness (QED) is 0.643. The van der Waals surface area contributed by atoms with Gasteiger partial charge in [0.2, 0.25) is 0 Å². The number of rotatable bonds is 3. The van der Waals surface area contributed by atoms with Crippen LogP contribution in [0.5, 0.6) is 11.5 Å². The van der Waals surface area contributed by atoms with E-state index < -0.39 is 0 Å². The summed E-state index contributed by atoms with van der Waals surface area (Å²) in [6.07, 6.45) is 2.33. The van der Waals surface area contributed by atoms with Gasteiger partial charge in [0, 0.05) is 13.0 Å². The van der Waals surface area contributed by atoms with Gasteiger partial charge in [0.1, 0.15) is 0 Å². The van der Waals surface area contributed by atoms with Gasteiger partial charge in [-0.3, -0.25) is 4.79 Å². The molecule has 1 heterocycles. The lowest BCUT2D eigenvalue weighted by Crippen LogP contribution is -2.13. The Morgan fingerprint density at radius 2 is 2.24 bits per heavy atom. The highest BCUT2D eigenvalue weighted by Gasteiger charge is 2.18. The minimum Gasteiger partial charge on any atom is -0.493 e. The van der Waals surface area contributed by atoms with Gasteiger partial charge in [0.15, 0.2) is 11.5 Å². The van der Waals surface area contributed by atoms with Crippen molar-refractivity contribution in [1.82, 2.24) is 5.32 Å². The lowest BCUT2D eigenvalue weighted by atomic mass is 10.0. The molecule has 0 spiro atoms. The van der Waals surface area contributed by atoms with E-state index in [0.29, 0.717) is 17.5 Å². The molecule has 0 bridgehead atoms. The summed E-state index contributed by atoms with van der Waals surface area (Å²) in [5.41, 5.74) is 1.18. The van der Waals surface area contributed by atoms with E-state index in [9.17, 15) is 4.79 Å². The van der Waals surface area contributed by atoms with Gasteiger partial charge in [0.05, 0.1) is 7.11 Å². The standard InChI is InChI=1S/C13H17NO3/c1-9(15)17-12-6-5-10(8-13(12)16-2)11-4-3-7-14-11/h5-6,8,11,14H,3-4,7H2,1-2H3/t11-/m0/s1. The van der Waals surface area contributed by atoms with Crippen LogP contribution < -0.4 is 14.8 Å². The fourth-order valence-electron chi connectivity index (χ4n) is 2.11. The maximum atomic E-state index is 10.9. The Bertz CT molecular complexity index is 411. The van der Waals surface area contributed by atoms with Crippen LogP contribution in [0.3, 0.4) is 0 Å². The van der Waals surface area contributed by atoms with Crippen LogP contribution in [0.4, 0.5) is 0 Å². The lowest BCUT2D eigenvalue weighted by Gasteiger charge is -2.14. The molecule has 92 valence electrons. The van der Waals surface area contributed by atoms with Crippen molar-refractivity contribution in [2.75, 3.05) is 13.7 Å². The normalized spacial score (nSPS) is 19.1. The van der Waals surface area contributed by atoms with Gasteiger partial charge in [-0.2, -0.15) is 0 Å². The fourth-order valence-corrected chi connectivity index (χ4v) is 2.11. The molecule has 1 fully saturated rings. The molecule has 1 N–H and O–H groups in total. The van der Waals surface area contributed by atoms with E-state index in [1.807, 2.05) is 12.1 Å².